The van der Waals surface area contributed by atoms with Gasteiger partial charge in [-0.1, -0.05) is 23.8 Å². The molecule has 0 saturated heterocycles. The van der Waals surface area contributed by atoms with Gasteiger partial charge < -0.3 is 5.32 Å². The molecule has 0 aliphatic heterocycles. The second-order valence-corrected chi connectivity index (χ2v) is 4.51. The molecule has 3 heteroatoms. The first-order chi connectivity index (χ1) is 8.15. The van der Waals surface area contributed by atoms with Gasteiger partial charge in [0.15, 0.2) is 0 Å². The molecule has 0 radical (unpaired) electrons. The molecule has 1 aromatic carbocycles. The smallest absolute Gasteiger partial charge is 0.0762 e. The number of hydrogen-bond donors (Lipinski definition) is 1. The molecule has 1 aromatic heterocycles. The molecular formula is C14H19N3. The van der Waals surface area contributed by atoms with Crippen molar-refractivity contribution < 1.29 is 0 Å². The molecule has 2 aromatic rings. The minimum atomic E-state index is 0.814. The molecule has 17 heavy (non-hydrogen) atoms. The summed E-state index contributed by atoms with van der Waals surface area (Å²) in [5.74, 6) is 0. The van der Waals surface area contributed by atoms with Crippen molar-refractivity contribution in [2.75, 3.05) is 0 Å². The largest absolute Gasteiger partial charge is 0.307 e. The minimum Gasteiger partial charge on any atom is -0.307 e. The molecule has 0 saturated carbocycles. The van der Waals surface area contributed by atoms with Gasteiger partial charge in [-0.2, -0.15) is 5.10 Å². The van der Waals surface area contributed by atoms with Gasteiger partial charge in [-0.3, -0.25) is 4.68 Å². The Hall–Kier alpha value is -1.61. The highest BCUT2D eigenvalue weighted by molar-refractivity contribution is 5.30. The summed E-state index contributed by atoms with van der Waals surface area (Å²) in [6.45, 7) is 5.98. The molecule has 3 nitrogen and oxygen atoms in total. The zero-order valence-corrected chi connectivity index (χ0v) is 10.7. The van der Waals surface area contributed by atoms with Gasteiger partial charge >= 0.3 is 0 Å². The fraction of sp³-hybridized carbons (Fsp3) is 0.357. The molecule has 0 spiro atoms. The SMILES string of the molecule is Cc1ccc(C)c(CNCc2ccn(C)n2)c1. The number of nitrogens with one attached hydrogen (secondary N) is 1. The van der Waals surface area contributed by atoms with Gasteiger partial charge in [0.2, 0.25) is 0 Å². The maximum absolute atomic E-state index is 4.34. The Morgan fingerprint density at radius 1 is 1.18 bits per heavy atom. The predicted molar refractivity (Wildman–Crippen MR) is 69.7 cm³/mol. The molecule has 0 aliphatic carbocycles. The zero-order chi connectivity index (χ0) is 12.3. The van der Waals surface area contributed by atoms with Gasteiger partial charge in [-0.15, -0.1) is 0 Å². The molecule has 2 rings (SSSR count). The third-order valence-electron chi connectivity index (χ3n) is 2.90. The van der Waals surface area contributed by atoms with E-state index in [4.69, 9.17) is 0 Å². The first-order valence-corrected chi connectivity index (χ1v) is 5.90. The monoisotopic (exact) mass is 229 g/mol. The Morgan fingerprint density at radius 3 is 2.71 bits per heavy atom. The van der Waals surface area contributed by atoms with Gasteiger partial charge in [0.1, 0.15) is 0 Å². The van der Waals surface area contributed by atoms with Crippen LogP contribution < -0.4 is 5.32 Å². The number of aryl methyl sites for hydroxylation is 3. The quantitative estimate of drug-likeness (QED) is 0.872. The first kappa shape index (κ1) is 11.9. The molecule has 1 heterocycles. The van der Waals surface area contributed by atoms with Gasteiger partial charge in [0.25, 0.3) is 0 Å². The van der Waals surface area contributed by atoms with Crippen LogP contribution in [0.15, 0.2) is 30.5 Å². The normalized spacial score (nSPS) is 10.8. The van der Waals surface area contributed by atoms with Crippen molar-refractivity contribution >= 4 is 0 Å². The van der Waals surface area contributed by atoms with E-state index in [1.807, 2.05) is 24.0 Å². The summed E-state index contributed by atoms with van der Waals surface area (Å²) in [5, 5.41) is 7.76. The van der Waals surface area contributed by atoms with Crippen LogP contribution in [0.5, 0.6) is 0 Å². The lowest BCUT2D eigenvalue weighted by Crippen LogP contribution is -2.14. The molecule has 90 valence electrons. The van der Waals surface area contributed by atoms with Crippen LogP contribution in [0.3, 0.4) is 0 Å². The van der Waals surface area contributed by atoms with Crippen molar-refractivity contribution in [2.24, 2.45) is 7.05 Å². The van der Waals surface area contributed by atoms with Crippen LogP contribution in [0.25, 0.3) is 0 Å². The van der Waals surface area contributed by atoms with Crippen molar-refractivity contribution in [1.82, 2.24) is 15.1 Å². The Labute approximate surface area is 102 Å². The maximum atomic E-state index is 4.34. The van der Waals surface area contributed by atoms with Gasteiger partial charge in [0, 0.05) is 26.3 Å². The lowest BCUT2D eigenvalue weighted by Gasteiger charge is -2.07. The summed E-state index contributed by atoms with van der Waals surface area (Å²) < 4.78 is 1.83. The van der Waals surface area contributed by atoms with E-state index in [0.29, 0.717) is 0 Å². The first-order valence-electron chi connectivity index (χ1n) is 5.90. The Balaban J connectivity index is 1.91. The van der Waals surface area contributed by atoms with Crippen LogP contribution in [0.1, 0.15) is 22.4 Å². The van der Waals surface area contributed by atoms with Crippen LogP contribution in [0.4, 0.5) is 0 Å². The van der Waals surface area contributed by atoms with E-state index in [1.54, 1.807) is 0 Å². The zero-order valence-electron chi connectivity index (χ0n) is 10.7. The molecule has 0 fully saturated rings. The summed E-state index contributed by atoms with van der Waals surface area (Å²) in [5.41, 5.74) is 5.09. The Morgan fingerprint density at radius 2 is 2.00 bits per heavy atom. The fourth-order valence-electron chi connectivity index (χ4n) is 1.87. The summed E-state index contributed by atoms with van der Waals surface area (Å²) in [6, 6.07) is 8.60. The average Bonchev–Trinajstić information content (AvgIpc) is 2.69. The molecule has 0 unspecified atom stereocenters. The van der Waals surface area contributed by atoms with E-state index < -0.39 is 0 Å². The van der Waals surface area contributed by atoms with E-state index in [2.05, 4.69) is 42.5 Å². The summed E-state index contributed by atoms with van der Waals surface area (Å²) >= 11 is 0. The molecule has 0 aliphatic rings. The number of nitrogens with zero attached hydrogens (tertiary/aromatic N) is 2. The van der Waals surface area contributed by atoms with Crippen molar-refractivity contribution in [3.63, 3.8) is 0 Å². The van der Waals surface area contributed by atoms with Crippen LogP contribution in [-0.2, 0) is 20.1 Å². The van der Waals surface area contributed by atoms with Crippen molar-refractivity contribution in [2.45, 2.75) is 26.9 Å². The van der Waals surface area contributed by atoms with Crippen molar-refractivity contribution in [1.29, 1.82) is 0 Å². The summed E-state index contributed by atoms with van der Waals surface area (Å²) in [4.78, 5) is 0. The summed E-state index contributed by atoms with van der Waals surface area (Å²) in [7, 11) is 1.94. The van der Waals surface area contributed by atoms with Crippen molar-refractivity contribution in [3.05, 3.63) is 52.8 Å². The number of aromatic nitrogens is 2. The topological polar surface area (TPSA) is 29.9 Å². The van der Waals surface area contributed by atoms with Crippen LogP contribution in [0, 0.1) is 13.8 Å². The minimum absolute atomic E-state index is 0.814. The fourth-order valence-corrected chi connectivity index (χ4v) is 1.87. The van der Waals surface area contributed by atoms with Crippen LogP contribution >= 0.6 is 0 Å². The second-order valence-electron chi connectivity index (χ2n) is 4.51. The lowest BCUT2D eigenvalue weighted by atomic mass is 10.1. The summed E-state index contributed by atoms with van der Waals surface area (Å²) in [6.07, 6.45) is 1.97. The van der Waals surface area contributed by atoms with Crippen LogP contribution in [-0.4, -0.2) is 9.78 Å². The van der Waals surface area contributed by atoms with E-state index in [0.717, 1.165) is 18.8 Å². The van der Waals surface area contributed by atoms with E-state index >= 15 is 0 Å². The number of rotatable bonds is 4. The van der Waals surface area contributed by atoms with Gasteiger partial charge in [-0.25, -0.2) is 0 Å². The molecule has 0 bridgehead atoms. The molecule has 0 atom stereocenters. The van der Waals surface area contributed by atoms with E-state index in [9.17, 15) is 0 Å². The number of benzene rings is 1. The Kier molecular flexibility index (Phi) is 3.59. The Bertz CT molecular complexity index is 500. The van der Waals surface area contributed by atoms with Crippen molar-refractivity contribution in [3.8, 4) is 0 Å². The molecule has 0 amide bonds. The predicted octanol–water partition coefficient (Wildman–Crippen LogP) is 2.33. The maximum Gasteiger partial charge on any atom is 0.0762 e. The van der Waals surface area contributed by atoms with E-state index in [-0.39, 0.29) is 0 Å². The molecule has 1 N–H and O–H groups in total. The third kappa shape index (κ3) is 3.17. The number of hydrogen-bond acceptors (Lipinski definition) is 2. The highest BCUT2D eigenvalue weighted by Gasteiger charge is 2.00. The lowest BCUT2D eigenvalue weighted by molar-refractivity contribution is 0.654. The van der Waals surface area contributed by atoms with Gasteiger partial charge in [-0.05, 0) is 31.0 Å². The van der Waals surface area contributed by atoms with Gasteiger partial charge in [0.05, 0.1) is 5.69 Å². The highest BCUT2D eigenvalue weighted by atomic mass is 15.3. The highest BCUT2D eigenvalue weighted by Crippen LogP contribution is 2.10. The second kappa shape index (κ2) is 5.15. The van der Waals surface area contributed by atoms with E-state index in [1.165, 1.54) is 16.7 Å². The molecular weight excluding hydrogens is 210 g/mol. The van der Waals surface area contributed by atoms with Crippen LogP contribution in [0.2, 0.25) is 0 Å². The third-order valence-corrected chi connectivity index (χ3v) is 2.90. The standard InChI is InChI=1S/C14H19N3/c1-11-4-5-12(2)13(8-11)9-15-10-14-6-7-17(3)16-14/h4-8,15H,9-10H2,1-3H3. The average molecular weight is 229 g/mol.